The third-order valence-corrected chi connectivity index (χ3v) is 5.85. The zero-order valence-electron chi connectivity index (χ0n) is 16.8. The van der Waals surface area contributed by atoms with Gasteiger partial charge in [-0.15, -0.1) is 5.10 Å². The van der Waals surface area contributed by atoms with Crippen LogP contribution in [0.4, 0.5) is 0 Å². The lowest BCUT2D eigenvalue weighted by Gasteiger charge is -2.09. The van der Waals surface area contributed by atoms with E-state index in [0.717, 1.165) is 46.0 Å². The molecule has 3 aromatic carbocycles. The van der Waals surface area contributed by atoms with Crippen molar-refractivity contribution in [3.8, 4) is 11.4 Å². The molecule has 0 bridgehead atoms. The fraction of sp³-hybridized carbons (Fsp3) is 0.174. The van der Waals surface area contributed by atoms with E-state index < -0.39 is 0 Å². The molecule has 31 heavy (non-hydrogen) atoms. The Bertz CT molecular complexity index is 1090. The van der Waals surface area contributed by atoms with Gasteiger partial charge in [0.1, 0.15) is 12.4 Å². The summed E-state index contributed by atoms with van der Waals surface area (Å²) in [5.41, 5.74) is 3.13. The zero-order chi connectivity index (χ0) is 21.3. The van der Waals surface area contributed by atoms with E-state index in [2.05, 4.69) is 33.0 Å². The third kappa shape index (κ3) is 6.07. The third-order valence-electron chi connectivity index (χ3n) is 4.56. The normalized spacial score (nSPS) is 10.9. The molecule has 0 saturated heterocycles. The number of tetrazole rings is 1. The Kier molecular flexibility index (Phi) is 7.55. The molecule has 8 heteroatoms. The minimum atomic E-state index is 0.455. The molecule has 0 fully saturated rings. The first-order chi connectivity index (χ1) is 15.3. The molecule has 1 aromatic heterocycles. The highest BCUT2D eigenvalue weighted by molar-refractivity contribution is 7.99. The molecule has 1 heterocycles. The van der Waals surface area contributed by atoms with Gasteiger partial charge in [-0.1, -0.05) is 71.9 Å². The van der Waals surface area contributed by atoms with Crippen LogP contribution in [0.5, 0.6) is 5.75 Å². The predicted molar refractivity (Wildman–Crippen MR) is 124 cm³/mol. The monoisotopic (exact) mass is 451 g/mol. The smallest absolute Gasteiger partial charge is 0.214 e. The summed E-state index contributed by atoms with van der Waals surface area (Å²) in [6, 6.07) is 25.7. The number of para-hydroxylation sites is 1. The van der Waals surface area contributed by atoms with Crippen LogP contribution >= 0.6 is 23.4 Å². The molecule has 4 rings (SSSR count). The molecule has 4 aromatic rings. The van der Waals surface area contributed by atoms with Crippen molar-refractivity contribution in [3.63, 3.8) is 0 Å². The number of nitrogens with one attached hydrogen (secondary N) is 1. The lowest BCUT2D eigenvalue weighted by atomic mass is 10.2. The molecule has 158 valence electrons. The van der Waals surface area contributed by atoms with E-state index in [1.807, 2.05) is 66.7 Å². The van der Waals surface area contributed by atoms with Crippen molar-refractivity contribution in [1.82, 2.24) is 25.5 Å². The van der Waals surface area contributed by atoms with Gasteiger partial charge in [0.05, 0.1) is 5.69 Å². The lowest BCUT2D eigenvalue weighted by molar-refractivity contribution is 0.306. The predicted octanol–water partition coefficient (Wildman–Crippen LogP) is 4.78. The van der Waals surface area contributed by atoms with Gasteiger partial charge in [-0.05, 0) is 46.3 Å². The van der Waals surface area contributed by atoms with E-state index in [0.29, 0.717) is 6.61 Å². The van der Waals surface area contributed by atoms with Gasteiger partial charge in [0.2, 0.25) is 5.16 Å². The second kappa shape index (κ2) is 10.9. The molecule has 0 spiro atoms. The van der Waals surface area contributed by atoms with Crippen molar-refractivity contribution in [2.75, 3.05) is 12.3 Å². The summed E-state index contributed by atoms with van der Waals surface area (Å²) in [6.07, 6.45) is 0. The van der Waals surface area contributed by atoms with E-state index in [1.54, 1.807) is 16.4 Å². The van der Waals surface area contributed by atoms with Crippen LogP contribution in [0.2, 0.25) is 5.02 Å². The SMILES string of the molecule is Clc1ccccc1COc1ccc(CNCCSc2nnnn2-c2ccccc2)cc1. The maximum absolute atomic E-state index is 6.17. The lowest BCUT2D eigenvalue weighted by Crippen LogP contribution is -2.16. The minimum Gasteiger partial charge on any atom is -0.489 e. The number of thioether (sulfide) groups is 1. The number of hydrogen-bond donors (Lipinski definition) is 1. The Morgan fingerprint density at radius 2 is 1.71 bits per heavy atom. The molecule has 0 aliphatic carbocycles. The largest absolute Gasteiger partial charge is 0.489 e. The first-order valence-electron chi connectivity index (χ1n) is 9.92. The molecular weight excluding hydrogens is 430 g/mol. The van der Waals surface area contributed by atoms with E-state index in [9.17, 15) is 0 Å². The van der Waals surface area contributed by atoms with Crippen molar-refractivity contribution in [3.05, 3.63) is 95.0 Å². The molecule has 0 atom stereocenters. The Morgan fingerprint density at radius 3 is 2.52 bits per heavy atom. The van der Waals surface area contributed by atoms with Crippen molar-refractivity contribution >= 4 is 23.4 Å². The molecular formula is C23H22ClN5OS. The Morgan fingerprint density at radius 1 is 0.935 bits per heavy atom. The van der Waals surface area contributed by atoms with E-state index in [-0.39, 0.29) is 0 Å². The van der Waals surface area contributed by atoms with Crippen molar-refractivity contribution in [1.29, 1.82) is 0 Å². The summed E-state index contributed by atoms with van der Waals surface area (Å²) < 4.78 is 7.59. The topological polar surface area (TPSA) is 64.9 Å². The summed E-state index contributed by atoms with van der Waals surface area (Å²) >= 11 is 7.79. The van der Waals surface area contributed by atoms with Crippen LogP contribution < -0.4 is 10.1 Å². The second-order valence-electron chi connectivity index (χ2n) is 6.76. The van der Waals surface area contributed by atoms with Crippen molar-refractivity contribution in [2.45, 2.75) is 18.3 Å². The van der Waals surface area contributed by atoms with Crippen LogP contribution in [0.3, 0.4) is 0 Å². The van der Waals surface area contributed by atoms with Gasteiger partial charge in [-0.2, -0.15) is 4.68 Å². The zero-order valence-corrected chi connectivity index (χ0v) is 18.4. The highest BCUT2D eigenvalue weighted by Crippen LogP contribution is 2.19. The van der Waals surface area contributed by atoms with Gasteiger partial charge >= 0.3 is 0 Å². The number of rotatable bonds is 10. The minimum absolute atomic E-state index is 0.455. The first kappa shape index (κ1) is 21.4. The van der Waals surface area contributed by atoms with Crippen molar-refractivity contribution in [2.24, 2.45) is 0 Å². The van der Waals surface area contributed by atoms with E-state index in [1.165, 1.54) is 5.56 Å². The van der Waals surface area contributed by atoms with Gasteiger partial charge in [-0.25, -0.2) is 0 Å². The van der Waals surface area contributed by atoms with E-state index in [4.69, 9.17) is 16.3 Å². The summed E-state index contributed by atoms with van der Waals surface area (Å²) in [6.45, 7) is 2.09. The van der Waals surface area contributed by atoms with Crippen LogP contribution in [0.25, 0.3) is 5.69 Å². The molecule has 0 unspecified atom stereocenters. The summed E-state index contributed by atoms with van der Waals surface area (Å²) in [7, 11) is 0. The van der Waals surface area contributed by atoms with Crippen LogP contribution in [-0.2, 0) is 13.2 Å². The standard InChI is InChI=1S/C23H22ClN5OS/c24-22-9-5-4-6-19(22)17-30-21-12-10-18(11-13-21)16-25-14-15-31-23-26-27-28-29(23)20-7-2-1-3-8-20/h1-13,25H,14-17H2. The van der Waals surface area contributed by atoms with Gasteiger partial charge < -0.3 is 10.1 Å². The van der Waals surface area contributed by atoms with E-state index >= 15 is 0 Å². The summed E-state index contributed by atoms with van der Waals surface area (Å²) in [4.78, 5) is 0. The number of aromatic nitrogens is 4. The molecule has 0 radical (unpaired) electrons. The number of hydrogen-bond acceptors (Lipinski definition) is 6. The molecule has 0 amide bonds. The Balaban J connectivity index is 1.19. The van der Waals surface area contributed by atoms with Crippen LogP contribution in [0, 0.1) is 0 Å². The average molecular weight is 452 g/mol. The van der Waals surface area contributed by atoms with Crippen LogP contribution in [0.15, 0.2) is 84.0 Å². The van der Waals surface area contributed by atoms with Gasteiger partial charge in [0, 0.05) is 29.4 Å². The van der Waals surface area contributed by atoms with Crippen molar-refractivity contribution < 1.29 is 4.74 Å². The maximum Gasteiger partial charge on any atom is 0.214 e. The number of benzene rings is 3. The molecule has 0 saturated carbocycles. The first-order valence-corrected chi connectivity index (χ1v) is 11.3. The fourth-order valence-electron chi connectivity index (χ4n) is 2.93. The molecule has 6 nitrogen and oxygen atoms in total. The number of nitrogens with zero attached hydrogens (tertiary/aromatic N) is 4. The Labute approximate surface area is 190 Å². The summed E-state index contributed by atoms with van der Waals surface area (Å²) in [5.74, 6) is 1.69. The summed E-state index contributed by atoms with van der Waals surface area (Å²) in [5, 5.41) is 16.9. The highest BCUT2D eigenvalue weighted by atomic mass is 35.5. The number of halogens is 1. The molecule has 1 N–H and O–H groups in total. The maximum atomic E-state index is 6.17. The highest BCUT2D eigenvalue weighted by Gasteiger charge is 2.08. The van der Waals surface area contributed by atoms with Crippen LogP contribution in [0.1, 0.15) is 11.1 Å². The molecule has 0 aliphatic rings. The Hall–Kier alpha value is -2.87. The fourth-order valence-corrected chi connectivity index (χ4v) is 3.91. The van der Waals surface area contributed by atoms with Crippen LogP contribution in [-0.4, -0.2) is 32.5 Å². The average Bonchev–Trinajstić information content (AvgIpc) is 3.28. The van der Waals surface area contributed by atoms with Gasteiger partial charge in [-0.3, -0.25) is 0 Å². The quantitative estimate of drug-likeness (QED) is 0.276. The number of ether oxygens (including phenoxy) is 1. The molecule has 0 aliphatic heterocycles. The van der Waals surface area contributed by atoms with Gasteiger partial charge in [0.25, 0.3) is 0 Å². The second-order valence-corrected chi connectivity index (χ2v) is 8.23. The van der Waals surface area contributed by atoms with Gasteiger partial charge in [0.15, 0.2) is 0 Å².